The minimum Gasteiger partial charge on any atom is -0.489 e. The van der Waals surface area contributed by atoms with E-state index >= 15 is 0 Å². The quantitative estimate of drug-likeness (QED) is 0.757. The topological polar surface area (TPSA) is 33.0 Å². The number of hydrogen-bond acceptors (Lipinski definition) is 2. The molecule has 0 amide bonds. The lowest BCUT2D eigenvalue weighted by atomic mass is 10.1. The van der Waals surface area contributed by atoms with Crippen LogP contribution in [0.3, 0.4) is 0 Å². The highest BCUT2D eigenvalue weighted by Gasteiger charge is 2.28. The molecule has 1 aliphatic rings. The van der Waals surface area contributed by atoms with E-state index in [0.29, 0.717) is 0 Å². The Kier molecular flexibility index (Phi) is 3.14. The van der Waals surface area contributed by atoms with Crippen molar-refractivity contribution in [3.8, 4) is 11.8 Å². The molecule has 2 rings (SSSR count). The van der Waals surface area contributed by atoms with Gasteiger partial charge in [0.25, 0.3) is 0 Å². The van der Waals surface area contributed by atoms with Crippen molar-refractivity contribution in [3.63, 3.8) is 0 Å². The largest absolute Gasteiger partial charge is 0.489 e. The molecule has 0 spiro atoms. The molecule has 0 bridgehead atoms. The predicted octanol–water partition coefficient (Wildman–Crippen LogP) is 3.37. The molecule has 2 unspecified atom stereocenters. The summed E-state index contributed by atoms with van der Waals surface area (Å²) in [5.41, 5.74) is 2.42. The lowest BCUT2D eigenvalue weighted by molar-refractivity contribution is 0.182. The monoisotopic (exact) mass is 215 g/mol. The molecular formula is C14H17NO. The van der Waals surface area contributed by atoms with Gasteiger partial charge in [-0.15, -0.1) is 0 Å². The van der Waals surface area contributed by atoms with E-state index in [1.165, 1.54) is 11.1 Å². The summed E-state index contributed by atoms with van der Waals surface area (Å²) in [4.78, 5) is 0. The normalized spacial score (nSPS) is 24.1. The summed E-state index contributed by atoms with van der Waals surface area (Å²) in [5.74, 6) is 0.977. The second kappa shape index (κ2) is 4.57. The van der Waals surface area contributed by atoms with Crippen LogP contribution in [0.4, 0.5) is 0 Å². The molecule has 0 N–H and O–H groups in total. The third-order valence-electron chi connectivity index (χ3n) is 3.10. The van der Waals surface area contributed by atoms with Gasteiger partial charge in [-0.2, -0.15) is 5.26 Å². The van der Waals surface area contributed by atoms with Crippen molar-refractivity contribution in [1.82, 2.24) is 0 Å². The first-order valence-corrected chi connectivity index (χ1v) is 5.83. The minimum atomic E-state index is 0.0702. The smallest absolute Gasteiger partial charge is 0.120 e. The third kappa shape index (κ3) is 2.36. The fourth-order valence-electron chi connectivity index (χ4n) is 2.39. The second-order valence-corrected chi connectivity index (χ2v) is 4.65. The van der Waals surface area contributed by atoms with Crippen molar-refractivity contribution in [2.24, 2.45) is 5.92 Å². The first-order chi connectivity index (χ1) is 7.69. The number of benzene rings is 1. The highest BCUT2D eigenvalue weighted by molar-refractivity contribution is 5.33. The van der Waals surface area contributed by atoms with Gasteiger partial charge in [-0.3, -0.25) is 0 Å². The molecule has 1 aliphatic carbocycles. The van der Waals surface area contributed by atoms with Gasteiger partial charge in [-0.1, -0.05) is 6.07 Å². The van der Waals surface area contributed by atoms with E-state index in [9.17, 15) is 0 Å². The van der Waals surface area contributed by atoms with Gasteiger partial charge in [-0.05, 0) is 56.4 Å². The van der Waals surface area contributed by atoms with E-state index in [4.69, 9.17) is 10.00 Å². The summed E-state index contributed by atoms with van der Waals surface area (Å²) >= 11 is 0. The summed E-state index contributed by atoms with van der Waals surface area (Å²) in [5, 5.41) is 8.99. The fourth-order valence-corrected chi connectivity index (χ4v) is 2.39. The van der Waals surface area contributed by atoms with Crippen molar-refractivity contribution < 1.29 is 4.74 Å². The molecule has 0 radical (unpaired) electrons. The standard InChI is InChI=1S/C14H17NO/c1-10-6-11(2)8-13(7-10)16-14-5-3-4-12(14)9-15/h6-8,12,14H,3-5H2,1-2H3. The Labute approximate surface area is 96.9 Å². The molecule has 0 aromatic heterocycles. The van der Waals surface area contributed by atoms with E-state index < -0.39 is 0 Å². The molecule has 0 aliphatic heterocycles. The average molecular weight is 215 g/mol. The van der Waals surface area contributed by atoms with Crippen LogP contribution in [0, 0.1) is 31.1 Å². The van der Waals surface area contributed by atoms with Gasteiger partial charge >= 0.3 is 0 Å². The van der Waals surface area contributed by atoms with Gasteiger partial charge in [0.2, 0.25) is 0 Å². The summed E-state index contributed by atoms with van der Waals surface area (Å²) in [6.07, 6.45) is 3.18. The van der Waals surface area contributed by atoms with Crippen LogP contribution in [0.5, 0.6) is 5.75 Å². The molecule has 0 heterocycles. The lowest BCUT2D eigenvalue weighted by Crippen LogP contribution is -2.20. The maximum absolute atomic E-state index is 8.99. The van der Waals surface area contributed by atoms with Gasteiger partial charge in [0, 0.05) is 0 Å². The van der Waals surface area contributed by atoms with E-state index in [2.05, 4.69) is 26.0 Å². The molecule has 1 aromatic rings. The van der Waals surface area contributed by atoms with Gasteiger partial charge in [-0.25, -0.2) is 0 Å². The third-order valence-corrected chi connectivity index (χ3v) is 3.10. The lowest BCUT2D eigenvalue weighted by Gasteiger charge is -2.17. The average Bonchev–Trinajstić information content (AvgIpc) is 2.63. The predicted molar refractivity (Wildman–Crippen MR) is 63.3 cm³/mol. The highest BCUT2D eigenvalue weighted by Crippen LogP contribution is 2.29. The number of nitriles is 1. The van der Waals surface area contributed by atoms with Crippen LogP contribution < -0.4 is 4.74 Å². The van der Waals surface area contributed by atoms with Crippen molar-refractivity contribution >= 4 is 0 Å². The zero-order valence-corrected chi connectivity index (χ0v) is 9.86. The fraction of sp³-hybridized carbons (Fsp3) is 0.500. The Morgan fingerprint density at radius 3 is 2.50 bits per heavy atom. The number of ether oxygens (including phenoxy) is 1. The molecule has 0 saturated heterocycles. The Balaban J connectivity index is 2.12. The van der Waals surface area contributed by atoms with Crippen LogP contribution in [-0.4, -0.2) is 6.10 Å². The highest BCUT2D eigenvalue weighted by atomic mass is 16.5. The first-order valence-electron chi connectivity index (χ1n) is 5.83. The SMILES string of the molecule is Cc1cc(C)cc(OC2CCCC2C#N)c1. The van der Waals surface area contributed by atoms with Crippen LogP contribution in [-0.2, 0) is 0 Å². The number of rotatable bonds is 2. The van der Waals surface area contributed by atoms with Crippen LogP contribution in [0.2, 0.25) is 0 Å². The summed E-state index contributed by atoms with van der Waals surface area (Å²) in [6, 6.07) is 8.55. The molecular weight excluding hydrogens is 198 g/mol. The summed E-state index contributed by atoms with van der Waals surface area (Å²) in [6.45, 7) is 4.13. The van der Waals surface area contributed by atoms with E-state index in [1.807, 2.05) is 12.1 Å². The van der Waals surface area contributed by atoms with Crippen LogP contribution in [0.25, 0.3) is 0 Å². The first kappa shape index (κ1) is 11.0. The van der Waals surface area contributed by atoms with Gasteiger partial charge in [0.15, 0.2) is 0 Å². The molecule has 1 saturated carbocycles. The van der Waals surface area contributed by atoms with E-state index in [1.54, 1.807) is 0 Å². The Morgan fingerprint density at radius 1 is 1.19 bits per heavy atom. The maximum atomic E-state index is 8.99. The van der Waals surface area contributed by atoms with Crippen LogP contribution in [0.1, 0.15) is 30.4 Å². The van der Waals surface area contributed by atoms with E-state index in [0.717, 1.165) is 25.0 Å². The Hall–Kier alpha value is -1.49. The number of hydrogen-bond donors (Lipinski definition) is 0. The Morgan fingerprint density at radius 2 is 1.88 bits per heavy atom. The second-order valence-electron chi connectivity index (χ2n) is 4.65. The number of aryl methyl sites for hydroxylation is 2. The van der Waals surface area contributed by atoms with Crippen molar-refractivity contribution in [1.29, 1.82) is 5.26 Å². The van der Waals surface area contributed by atoms with Crippen LogP contribution >= 0.6 is 0 Å². The van der Waals surface area contributed by atoms with E-state index in [-0.39, 0.29) is 12.0 Å². The molecule has 2 heteroatoms. The number of nitrogens with zero attached hydrogens (tertiary/aromatic N) is 1. The van der Waals surface area contributed by atoms with Crippen LogP contribution in [0.15, 0.2) is 18.2 Å². The molecule has 2 nitrogen and oxygen atoms in total. The van der Waals surface area contributed by atoms with Gasteiger partial charge in [0.1, 0.15) is 11.9 Å². The summed E-state index contributed by atoms with van der Waals surface area (Å²) < 4.78 is 5.92. The molecule has 1 fully saturated rings. The zero-order chi connectivity index (χ0) is 11.5. The molecule has 1 aromatic carbocycles. The Bertz CT molecular complexity index is 399. The maximum Gasteiger partial charge on any atom is 0.120 e. The minimum absolute atomic E-state index is 0.0702. The molecule has 2 atom stereocenters. The molecule has 16 heavy (non-hydrogen) atoms. The summed E-state index contributed by atoms with van der Waals surface area (Å²) in [7, 11) is 0. The van der Waals surface area contributed by atoms with Crippen molar-refractivity contribution in [2.75, 3.05) is 0 Å². The van der Waals surface area contributed by atoms with Crippen molar-refractivity contribution in [3.05, 3.63) is 29.3 Å². The van der Waals surface area contributed by atoms with Crippen molar-refractivity contribution in [2.45, 2.75) is 39.2 Å². The van der Waals surface area contributed by atoms with Gasteiger partial charge < -0.3 is 4.74 Å². The molecule has 84 valence electrons. The zero-order valence-electron chi connectivity index (χ0n) is 9.86. The van der Waals surface area contributed by atoms with Gasteiger partial charge in [0.05, 0.1) is 12.0 Å².